The largest absolute Gasteiger partial charge is 0.265 e. The molecule has 0 saturated carbocycles. The van der Waals surface area contributed by atoms with Crippen LogP contribution in [0, 0.1) is 5.82 Å². The summed E-state index contributed by atoms with van der Waals surface area (Å²) >= 11 is 0. The molecule has 0 atom stereocenters. The minimum absolute atomic E-state index is 0.0517. The standard InChI is InChI=1S/C14H12FN5O2S/c15-11-2-1-3-14(8-11)23(21,22)17-9-12-10-20(19-18-12)13-4-6-16-7-5-13/h1-8,10,17H,9H2. The predicted octanol–water partition coefficient (Wildman–Crippen LogP) is 1.28. The average molecular weight is 333 g/mol. The zero-order chi connectivity index (χ0) is 16.3. The number of pyridine rings is 1. The van der Waals surface area contributed by atoms with Crippen LogP contribution in [-0.2, 0) is 16.6 Å². The van der Waals surface area contributed by atoms with E-state index in [4.69, 9.17) is 0 Å². The third-order valence-electron chi connectivity index (χ3n) is 3.02. The Morgan fingerprint density at radius 3 is 2.70 bits per heavy atom. The Morgan fingerprint density at radius 2 is 1.96 bits per heavy atom. The first-order valence-corrected chi connectivity index (χ1v) is 8.10. The molecule has 118 valence electrons. The molecular weight excluding hydrogens is 321 g/mol. The third-order valence-corrected chi connectivity index (χ3v) is 4.42. The van der Waals surface area contributed by atoms with E-state index in [0.29, 0.717) is 5.69 Å². The van der Waals surface area contributed by atoms with Gasteiger partial charge < -0.3 is 0 Å². The van der Waals surface area contributed by atoms with E-state index in [-0.39, 0.29) is 11.4 Å². The fourth-order valence-corrected chi connectivity index (χ4v) is 2.92. The second-order valence-corrected chi connectivity index (χ2v) is 6.41. The Balaban J connectivity index is 1.73. The number of nitrogens with zero attached hydrogens (tertiary/aromatic N) is 4. The van der Waals surface area contributed by atoms with Crippen molar-refractivity contribution in [2.24, 2.45) is 0 Å². The van der Waals surface area contributed by atoms with Gasteiger partial charge in [0, 0.05) is 12.4 Å². The Hall–Kier alpha value is -2.65. The summed E-state index contributed by atoms with van der Waals surface area (Å²) in [5.41, 5.74) is 1.19. The first-order chi connectivity index (χ1) is 11.0. The van der Waals surface area contributed by atoms with Gasteiger partial charge in [0.15, 0.2) is 0 Å². The van der Waals surface area contributed by atoms with Crippen molar-refractivity contribution < 1.29 is 12.8 Å². The van der Waals surface area contributed by atoms with Crippen LogP contribution in [0.5, 0.6) is 0 Å². The van der Waals surface area contributed by atoms with Gasteiger partial charge in [0.2, 0.25) is 10.0 Å². The zero-order valence-corrected chi connectivity index (χ0v) is 12.6. The maximum absolute atomic E-state index is 13.1. The molecule has 0 unspecified atom stereocenters. The first kappa shape index (κ1) is 15.3. The molecule has 0 amide bonds. The monoisotopic (exact) mass is 333 g/mol. The van der Waals surface area contributed by atoms with Crippen LogP contribution < -0.4 is 4.72 Å². The summed E-state index contributed by atoms with van der Waals surface area (Å²) < 4.78 is 41.2. The number of aromatic nitrogens is 4. The quantitative estimate of drug-likeness (QED) is 0.760. The summed E-state index contributed by atoms with van der Waals surface area (Å²) in [5.74, 6) is -0.614. The molecule has 0 aliphatic carbocycles. The van der Waals surface area contributed by atoms with Gasteiger partial charge in [-0.25, -0.2) is 22.2 Å². The van der Waals surface area contributed by atoms with Crippen LogP contribution >= 0.6 is 0 Å². The van der Waals surface area contributed by atoms with Gasteiger partial charge in [-0.05, 0) is 30.3 Å². The summed E-state index contributed by atoms with van der Waals surface area (Å²) in [6.45, 7) is -0.0517. The van der Waals surface area contributed by atoms with Crippen molar-refractivity contribution in [2.45, 2.75) is 11.4 Å². The lowest BCUT2D eigenvalue weighted by molar-refractivity contribution is 0.576. The Morgan fingerprint density at radius 1 is 1.17 bits per heavy atom. The molecule has 0 fully saturated rings. The van der Waals surface area contributed by atoms with Crippen molar-refractivity contribution in [2.75, 3.05) is 0 Å². The van der Waals surface area contributed by atoms with Gasteiger partial charge in [0.1, 0.15) is 5.82 Å². The molecule has 0 saturated heterocycles. The highest BCUT2D eigenvalue weighted by Gasteiger charge is 2.15. The third kappa shape index (κ3) is 3.58. The number of rotatable bonds is 5. The van der Waals surface area contributed by atoms with Gasteiger partial charge in [-0.2, -0.15) is 0 Å². The van der Waals surface area contributed by atoms with Crippen LogP contribution in [0.1, 0.15) is 5.69 Å². The molecule has 7 nitrogen and oxygen atoms in total. The normalized spacial score (nSPS) is 11.5. The van der Waals surface area contributed by atoms with E-state index >= 15 is 0 Å². The number of benzene rings is 1. The second-order valence-electron chi connectivity index (χ2n) is 4.64. The minimum Gasteiger partial charge on any atom is -0.265 e. The van der Waals surface area contributed by atoms with Crippen LogP contribution in [0.25, 0.3) is 5.69 Å². The van der Waals surface area contributed by atoms with Gasteiger partial charge in [-0.15, -0.1) is 5.10 Å². The number of hydrogen-bond acceptors (Lipinski definition) is 5. The van der Waals surface area contributed by atoms with Crippen LogP contribution in [0.4, 0.5) is 4.39 Å². The van der Waals surface area contributed by atoms with Crippen molar-refractivity contribution >= 4 is 10.0 Å². The molecule has 2 aromatic heterocycles. The molecule has 9 heteroatoms. The maximum atomic E-state index is 13.1. The smallest absolute Gasteiger partial charge is 0.241 e. The maximum Gasteiger partial charge on any atom is 0.241 e. The van der Waals surface area contributed by atoms with E-state index in [2.05, 4.69) is 20.0 Å². The predicted molar refractivity (Wildman–Crippen MR) is 79.6 cm³/mol. The zero-order valence-electron chi connectivity index (χ0n) is 11.8. The van der Waals surface area contributed by atoms with Gasteiger partial charge in [-0.3, -0.25) is 4.98 Å². The minimum atomic E-state index is -3.81. The average Bonchev–Trinajstić information content (AvgIpc) is 3.03. The first-order valence-electron chi connectivity index (χ1n) is 6.61. The number of halogens is 1. The van der Waals surface area contributed by atoms with E-state index in [1.54, 1.807) is 30.7 Å². The fraction of sp³-hybridized carbons (Fsp3) is 0.0714. The van der Waals surface area contributed by atoms with Gasteiger partial charge >= 0.3 is 0 Å². The van der Waals surface area contributed by atoms with Gasteiger partial charge in [0.05, 0.1) is 29.0 Å². The number of hydrogen-bond donors (Lipinski definition) is 1. The number of nitrogens with one attached hydrogen (secondary N) is 1. The lowest BCUT2D eigenvalue weighted by atomic mass is 10.4. The van der Waals surface area contributed by atoms with Crippen LogP contribution in [0.3, 0.4) is 0 Å². The summed E-state index contributed by atoms with van der Waals surface area (Å²) in [6.07, 6.45) is 4.83. The highest BCUT2D eigenvalue weighted by Crippen LogP contribution is 2.11. The van der Waals surface area contributed by atoms with E-state index in [0.717, 1.165) is 11.8 Å². The molecule has 3 aromatic rings. The molecule has 0 bridgehead atoms. The van der Waals surface area contributed by atoms with Crippen molar-refractivity contribution in [3.8, 4) is 5.69 Å². The number of sulfonamides is 1. The van der Waals surface area contributed by atoms with Crippen molar-refractivity contribution in [1.82, 2.24) is 24.7 Å². The fourth-order valence-electron chi connectivity index (χ4n) is 1.89. The van der Waals surface area contributed by atoms with Crippen LogP contribution in [0.2, 0.25) is 0 Å². The van der Waals surface area contributed by atoms with E-state index in [9.17, 15) is 12.8 Å². The van der Waals surface area contributed by atoms with Gasteiger partial charge in [0.25, 0.3) is 0 Å². The van der Waals surface area contributed by atoms with E-state index < -0.39 is 15.8 Å². The van der Waals surface area contributed by atoms with Crippen LogP contribution in [-0.4, -0.2) is 28.4 Å². The van der Waals surface area contributed by atoms with Crippen LogP contribution in [0.15, 0.2) is 59.9 Å². The molecule has 2 heterocycles. The molecule has 0 aliphatic rings. The highest BCUT2D eigenvalue weighted by atomic mass is 32.2. The summed E-state index contributed by atoms with van der Waals surface area (Å²) in [4.78, 5) is 3.76. The Bertz CT molecular complexity index is 912. The van der Waals surface area contributed by atoms with Gasteiger partial charge in [-0.1, -0.05) is 11.3 Å². The SMILES string of the molecule is O=S(=O)(NCc1cn(-c2ccncc2)nn1)c1cccc(F)c1. The summed E-state index contributed by atoms with van der Waals surface area (Å²) in [5, 5.41) is 7.82. The molecule has 23 heavy (non-hydrogen) atoms. The van der Waals surface area contributed by atoms with Crippen molar-refractivity contribution in [1.29, 1.82) is 0 Å². The molecule has 1 N–H and O–H groups in total. The molecular formula is C14H12FN5O2S. The highest BCUT2D eigenvalue weighted by molar-refractivity contribution is 7.89. The molecule has 0 aliphatic heterocycles. The molecule has 0 spiro atoms. The second kappa shape index (κ2) is 6.23. The molecule has 3 rings (SSSR count). The Labute approximate surface area is 131 Å². The summed E-state index contributed by atoms with van der Waals surface area (Å²) in [7, 11) is -3.81. The van der Waals surface area contributed by atoms with E-state index in [1.807, 2.05) is 0 Å². The molecule has 0 radical (unpaired) electrons. The van der Waals surface area contributed by atoms with Crippen molar-refractivity contribution in [3.05, 3.63) is 66.5 Å². The lowest BCUT2D eigenvalue weighted by Crippen LogP contribution is -2.23. The Kier molecular flexibility index (Phi) is 4.13. The lowest BCUT2D eigenvalue weighted by Gasteiger charge is -2.04. The molecule has 1 aromatic carbocycles. The van der Waals surface area contributed by atoms with E-state index in [1.165, 1.54) is 22.9 Å². The summed E-state index contributed by atoms with van der Waals surface area (Å²) in [6, 6.07) is 8.28. The van der Waals surface area contributed by atoms with Crippen molar-refractivity contribution in [3.63, 3.8) is 0 Å². The topological polar surface area (TPSA) is 89.8 Å².